The summed E-state index contributed by atoms with van der Waals surface area (Å²) >= 11 is 1.44. The number of ether oxygens (including phenoxy) is 2. The van der Waals surface area contributed by atoms with E-state index in [0.29, 0.717) is 5.90 Å². The van der Waals surface area contributed by atoms with E-state index in [2.05, 4.69) is 9.98 Å². The Bertz CT molecular complexity index is 640. The summed E-state index contributed by atoms with van der Waals surface area (Å²) in [6.07, 6.45) is 1.21. The van der Waals surface area contributed by atoms with Gasteiger partial charge in [0.2, 0.25) is 0 Å². The molecule has 1 aliphatic heterocycles. The van der Waals surface area contributed by atoms with Crippen LogP contribution >= 0.6 is 11.3 Å². The standard InChI is InChI=1S/C15H14N2O3S/c1-10-17-12(13(20-10)14-16-7-8-21-14)15(18)19-9-11-5-3-2-4-6-11/h2-8,12-13H,9H2,1H3. The lowest BCUT2D eigenvalue weighted by molar-refractivity contribution is -0.148. The lowest BCUT2D eigenvalue weighted by Gasteiger charge is -2.14. The zero-order valence-corrected chi connectivity index (χ0v) is 12.2. The van der Waals surface area contributed by atoms with Crippen molar-refractivity contribution in [3.05, 3.63) is 52.5 Å². The number of carbonyl (C=O) groups excluding carboxylic acids is 1. The van der Waals surface area contributed by atoms with E-state index in [1.54, 1.807) is 13.1 Å². The Labute approximate surface area is 126 Å². The summed E-state index contributed by atoms with van der Waals surface area (Å²) in [5, 5.41) is 2.58. The fraction of sp³-hybridized carbons (Fsp3) is 0.267. The van der Waals surface area contributed by atoms with Crippen LogP contribution in [0.25, 0.3) is 0 Å². The third-order valence-electron chi connectivity index (χ3n) is 3.07. The van der Waals surface area contributed by atoms with E-state index in [1.807, 2.05) is 35.7 Å². The molecule has 108 valence electrons. The van der Waals surface area contributed by atoms with Crippen molar-refractivity contribution in [1.82, 2.24) is 4.98 Å². The van der Waals surface area contributed by atoms with Gasteiger partial charge in [-0.25, -0.2) is 14.8 Å². The number of rotatable bonds is 4. The van der Waals surface area contributed by atoms with Gasteiger partial charge in [-0.05, 0) is 5.56 Å². The number of hydrogen-bond acceptors (Lipinski definition) is 6. The average Bonchev–Trinajstić information content (AvgIpc) is 3.14. The molecule has 3 rings (SSSR count). The molecule has 1 aromatic carbocycles. The minimum atomic E-state index is -0.681. The van der Waals surface area contributed by atoms with Gasteiger partial charge in [-0.1, -0.05) is 30.3 Å². The van der Waals surface area contributed by atoms with E-state index < -0.39 is 18.1 Å². The van der Waals surface area contributed by atoms with E-state index in [-0.39, 0.29) is 6.61 Å². The highest BCUT2D eigenvalue weighted by Crippen LogP contribution is 2.31. The van der Waals surface area contributed by atoms with Gasteiger partial charge in [0.1, 0.15) is 11.6 Å². The smallest absolute Gasteiger partial charge is 0.335 e. The molecule has 1 aromatic heterocycles. The van der Waals surface area contributed by atoms with E-state index in [9.17, 15) is 4.79 Å². The van der Waals surface area contributed by atoms with Gasteiger partial charge >= 0.3 is 5.97 Å². The van der Waals surface area contributed by atoms with Crippen LogP contribution in [-0.2, 0) is 20.9 Å². The topological polar surface area (TPSA) is 60.8 Å². The normalized spacial score (nSPS) is 20.7. The van der Waals surface area contributed by atoms with Gasteiger partial charge in [-0.15, -0.1) is 11.3 Å². The van der Waals surface area contributed by atoms with Gasteiger partial charge in [0.15, 0.2) is 18.0 Å². The number of esters is 1. The number of thiazole rings is 1. The lowest BCUT2D eigenvalue weighted by Crippen LogP contribution is -2.26. The highest BCUT2D eigenvalue weighted by Gasteiger charge is 2.39. The van der Waals surface area contributed by atoms with Crippen molar-refractivity contribution < 1.29 is 14.3 Å². The van der Waals surface area contributed by atoms with Crippen molar-refractivity contribution in [2.45, 2.75) is 25.7 Å². The molecule has 2 aromatic rings. The van der Waals surface area contributed by atoms with Crippen molar-refractivity contribution in [3.8, 4) is 0 Å². The van der Waals surface area contributed by atoms with Crippen molar-refractivity contribution in [1.29, 1.82) is 0 Å². The monoisotopic (exact) mass is 302 g/mol. The second-order valence-electron chi connectivity index (χ2n) is 4.60. The molecule has 0 spiro atoms. The van der Waals surface area contributed by atoms with Crippen LogP contribution in [0.1, 0.15) is 23.6 Å². The summed E-state index contributed by atoms with van der Waals surface area (Å²) in [4.78, 5) is 20.7. The van der Waals surface area contributed by atoms with Gasteiger partial charge < -0.3 is 9.47 Å². The molecule has 0 saturated carbocycles. The molecule has 21 heavy (non-hydrogen) atoms. The molecule has 0 amide bonds. The number of carbonyl (C=O) groups is 1. The van der Waals surface area contributed by atoms with Crippen LogP contribution in [-0.4, -0.2) is 22.9 Å². The predicted octanol–water partition coefficient (Wildman–Crippen LogP) is 2.74. The first-order valence-electron chi connectivity index (χ1n) is 6.55. The molecular weight excluding hydrogens is 288 g/mol. The maximum Gasteiger partial charge on any atom is 0.335 e. The van der Waals surface area contributed by atoms with Gasteiger partial charge in [0, 0.05) is 18.5 Å². The highest BCUT2D eigenvalue weighted by molar-refractivity contribution is 7.09. The summed E-state index contributed by atoms with van der Waals surface area (Å²) in [7, 11) is 0. The summed E-state index contributed by atoms with van der Waals surface area (Å²) in [5.74, 6) is 0.0905. The summed E-state index contributed by atoms with van der Waals surface area (Å²) in [5.41, 5.74) is 0.941. The van der Waals surface area contributed by atoms with E-state index in [4.69, 9.17) is 9.47 Å². The molecule has 0 radical (unpaired) electrons. The zero-order chi connectivity index (χ0) is 14.7. The summed E-state index contributed by atoms with van der Waals surface area (Å²) in [6.45, 7) is 1.96. The van der Waals surface area contributed by atoms with Crippen LogP contribution in [0.5, 0.6) is 0 Å². The number of aromatic nitrogens is 1. The van der Waals surface area contributed by atoms with Crippen LogP contribution in [0, 0.1) is 0 Å². The van der Waals surface area contributed by atoms with Crippen LogP contribution in [0.3, 0.4) is 0 Å². The molecule has 2 heterocycles. The van der Waals surface area contributed by atoms with E-state index >= 15 is 0 Å². The van der Waals surface area contributed by atoms with Gasteiger partial charge in [-0.2, -0.15) is 0 Å². The van der Waals surface area contributed by atoms with E-state index in [1.165, 1.54) is 11.3 Å². The molecule has 0 N–H and O–H groups in total. The largest absolute Gasteiger partial charge is 0.468 e. The summed E-state index contributed by atoms with van der Waals surface area (Å²) in [6, 6.07) is 8.86. The quantitative estimate of drug-likeness (QED) is 0.815. The lowest BCUT2D eigenvalue weighted by atomic mass is 10.2. The Hall–Kier alpha value is -2.21. The number of aliphatic imine (C=N–C) groups is 1. The van der Waals surface area contributed by atoms with Gasteiger partial charge in [0.05, 0.1) is 0 Å². The average molecular weight is 302 g/mol. The number of nitrogens with zero attached hydrogens (tertiary/aromatic N) is 2. The molecule has 0 saturated heterocycles. The van der Waals surface area contributed by atoms with E-state index in [0.717, 1.165) is 10.6 Å². The van der Waals surface area contributed by atoms with Crippen LogP contribution in [0.15, 0.2) is 46.9 Å². The first kappa shape index (κ1) is 13.8. The zero-order valence-electron chi connectivity index (χ0n) is 11.4. The molecule has 2 unspecified atom stereocenters. The summed E-state index contributed by atoms with van der Waals surface area (Å²) < 4.78 is 10.9. The maximum atomic E-state index is 12.2. The third-order valence-corrected chi connectivity index (χ3v) is 3.90. The van der Waals surface area contributed by atoms with Crippen molar-refractivity contribution >= 4 is 23.2 Å². The molecular formula is C15H14N2O3S. The first-order chi connectivity index (χ1) is 10.2. The maximum absolute atomic E-state index is 12.2. The number of benzene rings is 1. The molecule has 6 heteroatoms. The molecule has 0 aliphatic carbocycles. The molecule has 1 aliphatic rings. The highest BCUT2D eigenvalue weighted by atomic mass is 32.1. The van der Waals surface area contributed by atoms with Gasteiger partial charge in [-0.3, -0.25) is 0 Å². The fourth-order valence-electron chi connectivity index (χ4n) is 2.09. The minimum absolute atomic E-state index is 0.231. The molecule has 0 bridgehead atoms. The first-order valence-corrected chi connectivity index (χ1v) is 7.43. The van der Waals surface area contributed by atoms with Crippen LogP contribution in [0.4, 0.5) is 0 Å². The fourth-order valence-corrected chi connectivity index (χ4v) is 2.79. The third kappa shape index (κ3) is 3.11. The van der Waals surface area contributed by atoms with Gasteiger partial charge in [0.25, 0.3) is 0 Å². The SMILES string of the molecule is CC1=NC(C(=O)OCc2ccccc2)C(c2nccs2)O1. The van der Waals surface area contributed by atoms with Crippen molar-refractivity contribution in [2.24, 2.45) is 4.99 Å². The Morgan fingerprint density at radius 2 is 2.19 bits per heavy atom. The molecule has 2 atom stereocenters. The number of hydrogen-bond donors (Lipinski definition) is 0. The molecule has 5 nitrogen and oxygen atoms in total. The second kappa shape index (κ2) is 6.05. The van der Waals surface area contributed by atoms with Crippen LogP contribution in [0.2, 0.25) is 0 Å². The Morgan fingerprint density at radius 1 is 1.38 bits per heavy atom. The molecule has 0 fully saturated rings. The van der Waals surface area contributed by atoms with Crippen molar-refractivity contribution in [3.63, 3.8) is 0 Å². The predicted molar refractivity (Wildman–Crippen MR) is 79.1 cm³/mol. The van der Waals surface area contributed by atoms with Crippen LogP contribution < -0.4 is 0 Å². The Morgan fingerprint density at radius 3 is 2.90 bits per heavy atom. The second-order valence-corrected chi connectivity index (χ2v) is 5.52. The van der Waals surface area contributed by atoms with Crippen molar-refractivity contribution in [2.75, 3.05) is 0 Å². The Balaban J connectivity index is 1.68. The minimum Gasteiger partial charge on any atom is -0.468 e. The Kier molecular flexibility index (Phi) is 3.96.